The fraction of sp³-hybridized carbons (Fsp3) is 0.538. The van der Waals surface area contributed by atoms with Crippen LogP contribution in [-0.4, -0.2) is 18.8 Å². The van der Waals surface area contributed by atoms with E-state index in [-0.39, 0.29) is 0 Å². The Morgan fingerprint density at radius 3 is 2.88 bits per heavy atom. The van der Waals surface area contributed by atoms with Gasteiger partial charge in [0.2, 0.25) is 0 Å². The summed E-state index contributed by atoms with van der Waals surface area (Å²) in [5, 5.41) is 3.17. The van der Waals surface area contributed by atoms with E-state index in [0.717, 1.165) is 37.1 Å². The van der Waals surface area contributed by atoms with Crippen LogP contribution in [0.4, 0.5) is 10.1 Å². The maximum Gasteiger partial charge on any atom is 0.123 e. The summed E-state index contributed by atoms with van der Waals surface area (Å²) >= 11 is 0. The molecule has 88 valence electrons. The van der Waals surface area contributed by atoms with E-state index in [1.807, 2.05) is 19.1 Å². The molecule has 3 heteroatoms. The summed E-state index contributed by atoms with van der Waals surface area (Å²) in [7, 11) is 0. The molecule has 0 unspecified atom stereocenters. The van der Waals surface area contributed by atoms with E-state index >= 15 is 0 Å². The van der Waals surface area contributed by atoms with Crippen LogP contribution in [0.1, 0.15) is 24.0 Å². The molecule has 0 spiro atoms. The van der Waals surface area contributed by atoms with Gasteiger partial charge >= 0.3 is 0 Å². The molecule has 0 saturated heterocycles. The zero-order valence-corrected chi connectivity index (χ0v) is 9.72. The van der Waals surface area contributed by atoms with Gasteiger partial charge in [-0.2, -0.15) is 0 Å². The summed E-state index contributed by atoms with van der Waals surface area (Å²) in [4.78, 5) is 0. The number of nitrogens with one attached hydrogen (secondary N) is 1. The summed E-state index contributed by atoms with van der Waals surface area (Å²) in [5.41, 5.74) is 8.15. The predicted octanol–water partition coefficient (Wildman–Crippen LogP) is 2.21. The molecule has 0 bridgehead atoms. The Morgan fingerprint density at radius 1 is 1.44 bits per heavy atom. The lowest BCUT2D eigenvalue weighted by Crippen LogP contribution is -2.27. The molecule has 0 amide bonds. The van der Waals surface area contributed by atoms with Crippen molar-refractivity contribution >= 4 is 5.69 Å². The molecule has 16 heavy (non-hydrogen) atoms. The van der Waals surface area contributed by atoms with E-state index in [2.05, 4.69) is 11.4 Å². The van der Waals surface area contributed by atoms with Crippen molar-refractivity contribution in [2.24, 2.45) is 0 Å². The topological polar surface area (TPSA) is 38.0 Å². The number of hydrogen-bond acceptors (Lipinski definition) is 2. The molecule has 1 fully saturated rings. The van der Waals surface area contributed by atoms with Crippen LogP contribution in [0.5, 0.6) is 0 Å². The number of nitrogen functional groups attached to an aromatic ring is 1. The largest absolute Gasteiger partial charge is 0.399 e. The SMILES string of the molecule is Cc1c(N)cccc1CCNCC1(F)CC1. The second-order valence-electron chi connectivity index (χ2n) is 4.71. The lowest BCUT2D eigenvalue weighted by Gasteiger charge is -2.10. The van der Waals surface area contributed by atoms with E-state index in [1.54, 1.807) is 0 Å². The molecule has 3 N–H and O–H groups in total. The van der Waals surface area contributed by atoms with E-state index in [0.29, 0.717) is 6.54 Å². The first kappa shape index (κ1) is 11.4. The van der Waals surface area contributed by atoms with Crippen molar-refractivity contribution in [3.63, 3.8) is 0 Å². The lowest BCUT2D eigenvalue weighted by molar-refractivity contribution is 0.296. The Bertz CT molecular complexity index is 372. The minimum Gasteiger partial charge on any atom is -0.399 e. The number of hydrogen-bond donors (Lipinski definition) is 2. The van der Waals surface area contributed by atoms with E-state index < -0.39 is 5.67 Å². The maximum absolute atomic E-state index is 13.3. The zero-order chi connectivity index (χ0) is 11.6. The summed E-state index contributed by atoms with van der Waals surface area (Å²) in [6.07, 6.45) is 2.35. The first-order chi connectivity index (χ1) is 7.61. The molecule has 0 aromatic heterocycles. The smallest absolute Gasteiger partial charge is 0.123 e. The van der Waals surface area contributed by atoms with Crippen molar-refractivity contribution in [3.8, 4) is 0 Å². The van der Waals surface area contributed by atoms with Gasteiger partial charge in [0.15, 0.2) is 0 Å². The molecule has 1 saturated carbocycles. The number of benzene rings is 1. The average molecular weight is 222 g/mol. The Morgan fingerprint density at radius 2 is 2.19 bits per heavy atom. The van der Waals surface area contributed by atoms with Crippen LogP contribution in [0.25, 0.3) is 0 Å². The minimum atomic E-state index is -0.898. The maximum atomic E-state index is 13.3. The summed E-state index contributed by atoms with van der Waals surface area (Å²) in [6.45, 7) is 3.34. The van der Waals surface area contributed by atoms with Gasteiger partial charge in [-0.15, -0.1) is 0 Å². The standard InChI is InChI=1S/C13H19FN2/c1-10-11(3-2-4-12(10)15)5-8-16-9-13(14)6-7-13/h2-4,16H,5-9,15H2,1H3. The highest BCUT2D eigenvalue weighted by molar-refractivity contribution is 5.49. The third-order valence-corrected chi connectivity index (χ3v) is 3.29. The zero-order valence-electron chi connectivity index (χ0n) is 9.72. The molecule has 1 aliphatic rings. The van der Waals surface area contributed by atoms with Crippen LogP contribution in [0.2, 0.25) is 0 Å². The Kier molecular flexibility index (Phi) is 3.15. The third-order valence-electron chi connectivity index (χ3n) is 3.29. The Labute approximate surface area is 96.0 Å². The van der Waals surface area contributed by atoms with Gasteiger partial charge in [0, 0.05) is 12.2 Å². The highest BCUT2D eigenvalue weighted by Crippen LogP contribution is 2.38. The van der Waals surface area contributed by atoms with Gasteiger partial charge in [0.05, 0.1) is 0 Å². The van der Waals surface area contributed by atoms with E-state index in [4.69, 9.17) is 5.73 Å². The quantitative estimate of drug-likeness (QED) is 0.592. The molecular weight excluding hydrogens is 203 g/mol. The van der Waals surface area contributed by atoms with E-state index in [1.165, 1.54) is 5.56 Å². The molecular formula is C13H19FN2. The first-order valence-corrected chi connectivity index (χ1v) is 5.84. The predicted molar refractivity (Wildman–Crippen MR) is 65.2 cm³/mol. The molecule has 2 nitrogen and oxygen atoms in total. The van der Waals surface area contributed by atoms with Crippen molar-refractivity contribution < 1.29 is 4.39 Å². The van der Waals surface area contributed by atoms with Gasteiger partial charge < -0.3 is 11.1 Å². The van der Waals surface area contributed by atoms with Crippen LogP contribution in [0.15, 0.2) is 18.2 Å². The highest BCUT2D eigenvalue weighted by atomic mass is 19.1. The highest BCUT2D eigenvalue weighted by Gasteiger charge is 2.42. The van der Waals surface area contributed by atoms with Crippen LogP contribution >= 0.6 is 0 Å². The molecule has 0 aliphatic heterocycles. The van der Waals surface area contributed by atoms with Gasteiger partial charge in [-0.05, 0) is 49.9 Å². The number of rotatable bonds is 5. The number of halogens is 1. The fourth-order valence-corrected chi connectivity index (χ4v) is 1.82. The van der Waals surface area contributed by atoms with Gasteiger partial charge in [-0.1, -0.05) is 12.1 Å². The van der Waals surface area contributed by atoms with Gasteiger partial charge in [0.25, 0.3) is 0 Å². The summed E-state index contributed by atoms with van der Waals surface area (Å²) in [6, 6.07) is 5.96. The molecule has 0 atom stereocenters. The molecule has 1 aromatic rings. The van der Waals surface area contributed by atoms with Crippen LogP contribution in [-0.2, 0) is 6.42 Å². The molecule has 0 heterocycles. The minimum absolute atomic E-state index is 0.494. The lowest BCUT2D eigenvalue weighted by atomic mass is 10.0. The van der Waals surface area contributed by atoms with Gasteiger partial charge in [0.1, 0.15) is 5.67 Å². The van der Waals surface area contributed by atoms with E-state index in [9.17, 15) is 4.39 Å². The van der Waals surface area contributed by atoms with Crippen LogP contribution < -0.4 is 11.1 Å². The normalized spacial score (nSPS) is 17.4. The number of alkyl halides is 1. The summed E-state index contributed by atoms with van der Waals surface area (Å²) in [5.74, 6) is 0. The molecule has 1 aromatic carbocycles. The second kappa shape index (κ2) is 4.42. The van der Waals surface area contributed by atoms with Crippen molar-refractivity contribution in [2.75, 3.05) is 18.8 Å². The average Bonchev–Trinajstić information content (AvgIpc) is 2.98. The van der Waals surface area contributed by atoms with Crippen molar-refractivity contribution in [3.05, 3.63) is 29.3 Å². The van der Waals surface area contributed by atoms with Crippen LogP contribution in [0, 0.1) is 6.92 Å². The number of nitrogens with two attached hydrogens (primary N) is 1. The first-order valence-electron chi connectivity index (χ1n) is 5.84. The summed E-state index contributed by atoms with van der Waals surface area (Å²) < 4.78 is 13.3. The molecule has 1 aliphatic carbocycles. The fourth-order valence-electron chi connectivity index (χ4n) is 1.82. The number of anilines is 1. The van der Waals surface area contributed by atoms with Crippen molar-refractivity contribution in [2.45, 2.75) is 31.9 Å². The van der Waals surface area contributed by atoms with Gasteiger partial charge in [-0.3, -0.25) is 0 Å². The van der Waals surface area contributed by atoms with Crippen LogP contribution in [0.3, 0.4) is 0 Å². The Balaban J connectivity index is 1.78. The van der Waals surface area contributed by atoms with Gasteiger partial charge in [-0.25, -0.2) is 4.39 Å². The van der Waals surface area contributed by atoms with Crippen molar-refractivity contribution in [1.82, 2.24) is 5.32 Å². The third kappa shape index (κ3) is 2.73. The monoisotopic (exact) mass is 222 g/mol. The Hall–Kier alpha value is -1.09. The molecule has 0 radical (unpaired) electrons. The molecule has 2 rings (SSSR count). The van der Waals surface area contributed by atoms with Crippen molar-refractivity contribution in [1.29, 1.82) is 0 Å². The second-order valence-corrected chi connectivity index (χ2v) is 4.71.